The van der Waals surface area contributed by atoms with Crippen molar-refractivity contribution in [1.29, 1.82) is 0 Å². The Morgan fingerprint density at radius 2 is 1.52 bits per heavy atom. The zero-order valence-electron chi connectivity index (χ0n) is 12.3. The lowest BCUT2D eigenvalue weighted by Crippen LogP contribution is -2.12. The molecule has 23 heavy (non-hydrogen) atoms. The second-order valence-corrected chi connectivity index (χ2v) is 5.37. The highest BCUT2D eigenvalue weighted by Gasteiger charge is 2.38. The Bertz CT molecular complexity index is 700. The zero-order chi connectivity index (χ0) is 17.4. The molecule has 1 aromatic carbocycles. The van der Waals surface area contributed by atoms with Gasteiger partial charge in [0.25, 0.3) is 0 Å². The molecule has 1 aromatic heterocycles. The molecule has 2 aromatic rings. The molecular formula is C16H13F6N. The van der Waals surface area contributed by atoms with Crippen LogP contribution in [0, 0.1) is 0 Å². The lowest BCUT2D eigenvalue weighted by atomic mass is 9.90. The minimum Gasteiger partial charge on any atom is -0.264 e. The molecule has 0 bridgehead atoms. The smallest absolute Gasteiger partial charge is 0.264 e. The second-order valence-electron chi connectivity index (χ2n) is 5.37. The van der Waals surface area contributed by atoms with Crippen LogP contribution >= 0.6 is 0 Å². The number of hydrogen-bond acceptors (Lipinski definition) is 1. The van der Waals surface area contributed by atoms with Gasteiger partial charge in [-0.15, -0.1) is 0 Å². The first-order valence-corrected chi connectivity index (χ1v) is 6.74. The third-order valence-corrected chi connectivity index (χ3v) is 3.42. The minimum atomic E-state index is -4.90. The van der Waals surface area contributed by atoms with Gasteiger partial charge >= 0.3 is 12.4 Å². The van der Waals surface area contributed by atoms with Crippen LogP contribution in [0.15, 0.2) is 36.7 Å². The van der Waals surface area contributed by atoms with E-state index in [4.69, 9.17) is 0 Å². The van der Waals surface area contributed by atoms with E-state index in [1.807, 2.05) is 0 Å². The van der Waals surface area contributed by atoms with Gasteiger partial charge in [-0.05, 0) is 35.2 Å². The molecule has 0 radical (unpaired) electrons. The van der Waals surface area contributed by atoms with Gasteiger partial charge < -0.3 is 0 Å². The molecule has 1 heterocycles. The summed E-state index contributed by atoms with van der Waals surface area (Å²) in [7, 11) is 0. The molecule has 0 spiro atoms. The Morgan fingerprint density at radius 3 is 2.04 bits per heavy atom. The van der Waals surface area contributed by atoms with E-state index in [0.717, 1.165) is 6.07 Å². The third-order valence-electron chi connectivity index (χ3n) is 3.42. The molecule has 7 heteroatoms. The summed E-state index contributed by atoms with van der Waals surface area (Å²) in [4.78, 5) is 3.81. The Morgan fingerprint density at radius 1 is 0.870 bits per heavy atom. The van der Waals surface area contributed by atoms with Crippen LogP contribution in [-0.2, 0) is 12.4 Å². The maximum absolute atomic E-state index is 13.2. The lowest BCUT2D eigenvalue weighted by Gasteiger charge is -2.19. The number of rotatable bonds is 2. The normalized spacial score (nSPS) is 12.7. The van der Waals surface area contributed by atoms with E-state index in [-0.39, 0.29) is 23.1 Å². The van der Waals surface area contributed by atoms with Crippen LogP contribution < -0.4 is 0 Å². The number of hydrogen-bond donors (Lipinski definition) is 0. The first-order valence-electron chi connectivity index (χ1n) is 6.74. The quantitative estimate of drug-likeness (QED) is 0.623. The molecule has 0 fully saturated rings. The number of halogens is 6. The van der Waals surface area contributed by atoms with Crippen LogP contribution in [-0.4, -0.2) is 4.98 Å². The van der Waals surface area contributed by atoms with Gasteiger partial charge in [0.2, 0.25) is 0 Å². The number of aromatic nitrogens is 1. The number of nitrogens with zero attached hydrogens (tertiary/aromatic N) is 1. The third kappa shape index (κ3) is 3.65. The monoisotopic (exact) mass is 333 g/mol. The van der Waals surface area contributed by atoms with E-state index >= 15 is 0 Å². The topological polar surface area (TPSA) is 12.9 Å². The van der Waals surface area contributed by atoms with Crippen molar-refractivity contribution in [2.45, 2.75) is 32.1 Å². The molecule has 0 aliphatic rings. The fourth-order valence-corrected chi connectivity index (χ4v) is 2.32. The highest BCUT2D eigenvalue weighted by molar-refractivity contribution is 5.71. The standard InChI is InChI=1S/C16H13F6N/c1-9(2)11-5-6-23-8-13(11)12-4-3-10(15(17,18)19)7-14(12)16(20,21)22/h3-9H,1-2H3. The SMILES string of the molecule is CC(C)c1ccncc1-c1ccc(C(F)(F)F)cc1C(F)(F)F. The van der Waals surface area contributed by atoms with Crippen LogP contribution in [0.4, 0.5) is 26.3 Å². The van der Waals surface area contributed by atoms with Gasteiger partial charge in [-0.1, -0.05) is 19.9 Å². The van der Waals surface area contributed by atoms with E-state index in [9.17, 15) is 26.3 Å². The van der Waals surface area contributed by atoms with Crippen molar-refractivity contribution >= 4 is 0 Å². The van der Waals surface area contributed by atoms with Gasteiger partial charge in [-0.3, -0.25) is 4.98 Å². The van der Waals surface area contributed by atoms with E-state index in [1.165, 1.54) is 12.4 Å². The van der Waals surface area contributed by atoms with Gasteiger partial charge in [0.15, 0.2) is 0 Å². The van der Waals surface area contributed by atoms with Gasteiger partial charge in [0, 0.05) is 18.0 Å². The van der Waals surface area contributed by atoms with Gasteiger partial charge in [0.05, 0.1) is 11.1 Å². The van der Waals surface area contributed by atoms with Crippen LogP contribution in [0.5, 0.6) is 0 Å². The molecule has 0 saturated carbocycles. The summed E-state index contributed by atoms with van der Waals surface area (Å²) in [6, 6.07) is 3.22. The van der Waals surface area contributed by atoms with E-state index < -0.39 is 23.5 Å². The number of benzene rings is 1. The first-order chi connectivity index (χ1) is 10.5. The molecule has 1 nitrogen and oxygen atoms in total. The Labute approximate surface area is 129 Å². The summed E-state index contributed by atoms with van der Waals surface area (Å²) < 4.78 is 77.9. The average Bonchev–Trinajstić information content (AvgIpc) is 2.44. The van der Waals surface area contributed by atoms with Gasteiger partial charge in [-0.2, -0.15) is 26.3 Å². The maximum atomic E-state index is 13.2. The fraction of sp³-hybridized carbons (Fsp3) is 0.312. The largest absolute Gasteiger partial charge is 0.417 e. The van der Waals surface area contributed by atoms with E-state index in [1.54, 1.807) is 19.9 Å². The maximum Gasteiger partial charge on any atom is 0.417 e. The van der Waals surface area contributed by atoms with Crippen molar-refractivity contribution in [1.82, 2.24) is 4.98 Å². The fourth-order valence-electron chi connectivity index (χ4n) is 2.32. The van der Waals surface area contributed by atoms with Crippen molar-refractivity contribution in [3.8, 4) is 11.1 Å². The predicted octanol–water partition coefficient (Wildman–Crippen LogP) is 5.91. The highest BCUT2D eigenvalue weighted by Crippen LogP contribution is 2.42. The van der Waals surface area contributed by atoms with Gasteiger partial charge in [0.1, 0.15) is 0 Å². The van der Waals surface area contributed by atoms with Crippen LogP contribution in [0.25, 0.3) is 11.1 Å². The molecule has 0 atom stereocenters. The molecule has 0 saturated heterocycles. The minimum absolute atomic E-state index is 0.101. The molecule has 0 amide bonds. The average molecular weight is 333 g/mol. The van der Waals surface area contributed by atoms with Crippen molar-refractivity contribution in [3.05, 3.63) is 53.3 Å². The Hall–Kier alpha value is -2.05. The highest BCUT2D eigenvalue weighted by atomic mass is 19.4. The molecule has 0 unspecified atom stereocenters. The summed E-state index contributed by atoms with van der Waals surface area (Å²) >= 11 is 0. The Balaban J connectivity index is 2.74. The zero-order valence-corrected chi connectivity index (χ0v) is 12.3. The summed E-state index contributed by atoms with van der Waals surface area (Å²) in [6.45, 7) is 3.58. The number of pyridine rings is 1. The molecule has 124 valence electrons. The van der Waals surface area contributed by atoms with Crippen LogP contribution in [0.3, 0.4) is 0 Å². The number of alkyl halides is 6. The van der Waals surface area contributed by atoms with Crippen molar-refractivity contribution in [2.24, 2.45) is 0 Å². The summed E-state index contributed by atoms with van der Waals surface area (Å²) in [6.07, 6.45) is -7.06. The molecule has 2 rings (SSSR count). The first kappa shape index (κ1) is 17.3. The summed E-state index contributed by atoms with van der Waals surface area (Å²) in [5, 5.41) is 0. The van der Waals surface area contributed by atoms with Crippen LogP contribution in [0.2, 0.25) is 0 Å². The van der Waals surface area contributed by atoms with Crippen molar-refractivity contribution < 1.29 is 26.3 Å². The molecule has 0 N–H and O–H groups in total. The van der Waals surface area contributed by atoms with E-state index in [2.05, 4.69) is 4.98 Å². The van der Waals surface area contributed by atoms with E-state index in [0.29, 0.717) is 11.6 Å². The second kappa shape index (κ2) is 5.86. The predicted molar refractivity (Wildman–Crippen MR) is 73.8 cm³/mol. The van der Waals surface area contributed by atoms with Crippen LogP contribution in [0.1, 0.15) is 36.5 Å². The lowest BCUT2D eigenvalue weighted by molar-refractivity contribution is -0.142. The summed E-state index contributed by atoms with van der Waals surface area (Å²) in [5.74, 6) is -0.101. The molecule has 0 aliphatic heterocycles. The van der Waals surface area contributed by atoms with Crippen molar-refractivity contribution in [3.63, 3.8) is 0 Å². The summed E-state index contributed by atoms with van der Waals surface area (Å²) in [5.41, 5.74) is -2.18. The van der Waals surface area contributed by atoms with Gasteiger partial charge in [-0.25, -0.2) is 0 Å². The molecule has 0 aliphatic carbocycles. The Kier molecular flexibility index (Phi) is 4.41. The molecular weight excluding hydrogens is 320 g/mol. The van der Waals surface area contributed by atoms with Crippen molar-refractivity contribution in [2.75, 3.05) is 0 Å².